The van der Waals surface area contributed by atoms with Crippen molar-refractivity contribution in [1.29, 1.82) is 0 Å². The molecule has 0 bridgehead atoms. The molecule has 70 heavy (non-hydrogen) atoms. The number of hydrogen-bond acceptors (Lipinski definition) is 2. The van der Waals surface area contributed by atoms with Crippen molar-refractivity contribution in [2.24, 2.45) is 0 Å². The zero-order valence-corrected chi connectivity index (χ0v) is 38.0. The van der Waals surface area contributed by atoms with Crippen LogP contribution in [0.15, 0.2) is 249 Å². The Bertz CT molecular complexity index is 4180. The van der Waals surface area contributed by atoms with E-state index < -0.39 is 5.41 Å². The smallest absolute Gasteiger partial charge is 0.0979 e. The van der Waals surface area contributed by atoms with E-state index in [1.807, 2.05) is 0 Å². The molecule has 2 aliphatic rings. The first-order chi connectivity index (χ1) is 34.7. The topological polar surface area (TPSA) is 30.7 Å². The second-order valence-electron chi connectivity index (χ2n) is 18.8. The van der Waals surface area contributed by atoms with Gasteiger partial charge >= 0.3 is 0 Å². The Labute approximate surface area is 405 Å². The summed E-state index contributed by atoms with van der Waals surface area (Å²) < 4.78 is 2.55. The van der Waals surface area contributed by atoms with Gasteiger partial charge in [-0.2, -0.15) is 0 Å². The van der Waals surface area contributed by atoms with Crippen molar-refractivity contribution < 1.29 is 0 Å². The molecular formula is C67H41N3. The van der Waals surface area contributed by atoms with E-state index in [1.165, 1.54) is 93.8 Å². The monoisotopic (exact) mass is 887 g/mol. The highest BCUT2D eigenvalue weighted by Gasteiger charge is 2.50. The van der Waals surface area contributed by atoms with E-state index in [2.05, 4.69) is 253 Å². The molecule has 3 heterocycles. The van der Waals surface area contributed by atoms with Crippen LogP contribution in [0.1, 0.15) is 22.3 Å². The van der Waals surface area contributed by atoms with Gasteiger partial charge in [-0.1, -0.05) is 218 Å². The fourth-order valence-corrected chi connectivity index (χ4v) is 12.2. The zero-order valence-electron chi connectivity index (χ0n) is 38.0. The molecule has 15 rings (SSSR count). The molecule has 1 aliphatic carbocycles. The Morgan fingerprint density at radius 3 is 1.59 bits per heavy atom. The van der Waals surface area contributed by atoms with Gasteiger partial charge in [-0.15, -0.1) is 0 Å². The van der Waals surface area contributed by atoms with Gasteiger partial charge < -0.3 is 4.57 Å². The number of fused-ring (bicyclic) bond motifs is 8. The van der Waals surface area contributed by atoms with Gasteiger partial charge in [0.15, 0.2) is 0 Å². The van der Waals surface area contributed by atoms with E-state index in [4.69, 9.17) is 9.97 Å². The summed E-state index contributed by atoms with van der Waals surface area (Å²) in [5.74, 6) is 0. The first-order valence-electron chi connectivity index (χ1n) is 24.1. The molecule has 11 aromatic carbocycles. The second kappa shape index (κ2) is 14.9. The highest BCUT2D eigenvalue weighted by molar-refractivity contribution is 6.20. The van der Waals surface area contributed by atoms with Gasteiger partial charge in [-0.25, -0.2) is 9.97 Å². The standard InChI is InChI=1S/C67H41N3/c1-3-15-42(16-4-1)45-29-33-49(34-30-45)67(50-35-31-46(32-36-50)43-17-5-2-6-18-43)55-40-38-54(65-64(68-57-23-11-12-24-58(57)69-65)48-28-27-44-19-7-8-20-47(44)41-48)61-53-22-10-14-26-60(53)70-59-25-13-9-21-51(59)52-37-39-56(67)63(62(55)61)66(52)70/h1-41H. The lowest BCUT2D eigenvalue weighted by Gasteiger charge is -2.35. The van der Waals surface area contributed by atoms with Crippen LogP contribution >= 0.6 is 0 Å². The van der Waals surface area contributed by atoms with Crippen molar-refractivity contribution in [3.63, 3.8) is 0 Å². The van der Waals surface area contributed by atoms with E-state index >= 15 is 0 Å². The van der Waals surface area contributed by atoms with Gasteiger partial charge in [0.25, 0.3) is 0 Å². The third-order valence-corrected chi connectivity index (χ3v) is 15.2. The SMILES string of the molecule is c1ccc(-c2ccc(C3(c4ccc(-c5ccccc5)cc4)c4ccc(-c5nc6ccccc6nc5-c5ccc6ccccc6c5)c5c4-c4c3ccc3c6ccccc6n(c43)-c3ccccc3-5)cc2)cc1. The minimum Gasteiger partial charge on any atom is -0.308 e. The summed E-state index contributed by atoms with van der Waals surface area (Å²) in [7, 11) is 0. The number of benzene rings is 11. The van der Waals surface area contributed by atoms with Gasteiger partial charge in [0.2, 0.25) is 0 Å². The predicted octanol–water partition coefficient (Wildman–Crippen LogP) is 16.9. The number of hydrogen-bond donors (Lipinski definition) is 0. The summed E-state index contributed by atoms with van der Waals surface area (Å²) in [6, 6.07) is 91.3. The van der Waals surface area contributed by atoms with Crippen LogP contribution in [-0.2, 0) is 5.41 Å². The lowest BCUT2D eigenvalue weighted by Crippen LogP contribution is -2.28. The first-order valence-corrected chi connectivity index (χ1v) is 24.1. The Kier molecular flexibility index (Phi) is 8.28. The summed E-state index contributed by atoms with van der Waals surface area (Å²) in [5, 5.41) is 4.85. The van der Waals surface area contributed by atoms with Gasteiger partial charge in [0, 0.05) is 38.6 Å². The van der Waals surface area contributed by atoms with Crippen molar-refractivity contribution in [3.8, 4) is 72.7 Å². The van der Waals surface area contributed by atoms with Crippen molar-refractivity contribution in [1.82, 2.24) is 14.5 Å². The van der Waals surface area contributed by atoms with Crippen LogP contribution in [0.5, 0.6) is 0 Å². The lowest BCUT2D eigenvalue weighted by molar-refractivity contribution is 0.769. The molecule has 13 aromatic rings. The quantitative estimate of drug-likeness (QED) is 0.167. The maximum absolute atomic E-state index is 5.66. The Morgan fingerprint density at radius 1 is 0.329 bits per heavy atom. The average molecular weight is 888 g/mol. The molecule has 0 unspecified atom stereocenters. The Hall–Kier alpha value is -9.18. The minimum absolute atomic E-state index is 0.694. The lowest BCUT2D eigenvalue weighted by atomic mass is 9.67. The number of para-hydroxylation sites is 4. The molecule has 0 amide bonds. The molecular weight excluding hydrogens is 847 g/mol. The molecule has 0 N–H and O–H groups in total. The highest BCUT2D eigenvalue weighted by Crippen LogP contribution is 2.64. The fourth-order valence-electron chi connectivity index (χ4n) is 12.2. The summed E-state index contributed by atoms with van der Waals surface area (Å²) >= 11 is 0. The van der Waals surface area contributed by atoms with Crippen molar-refractivity contribution in [3.05, 3.63) is 271 Å². The molecule has 2 aromatic heterocycles. The van der Waals surface area contributed by atoms with Crippen LogP contribution in [-0.4, -0.2) is 14.5 Å². The summed E-state index contributed by atoms with van der Waals surface area (Å²) in [5.41, 5.74) is 23.0. The number of aromatic nitrogens is 3. The molecule has 0 radical (unpaired) electrons. The van der Waals surface area contributed by atoms with Crippen LogP contribution in [0.3, 0.4) is 0 Å². The van der Waals surface area contributed by atoms with Gasteiger partial charge in [-0.3, -0.25) is 0 Å². The minimum atomic E-state index is -0.694. The third-order valence-electron chi connectivity index (χ3n) is 15.2. The molecule has 1 aliphatic heterocycles. The van der Waals surface area contributed by atoms with Crippen LogP contribution in [0.2, 0.25) is 0 Å². The molecule has 0 atom stereocenters. The third kappa shape index (κ3) is 5.46. The van der Waals surface area contributed by atoms with Crippen LogP contribution in [0.25, 0.3) is 116 Å². The van der Waals surface area contributed by atoms with Crippen LogP contribution < -0.4 is 0 Å². The Balaban J connectivity index is 1.10. The molecule has 0 spiro atoms. The zero-order chi connectivity index (χ0) is 45.9. The molecule has 0 saturated carbocycles. The van der Waals surface area contributed by atoms with E-state index in [1.54, 1.807) is 0 Å². The van der Waals surface area contributed by atoms with Gasteiger partial charge in [0.1, 0.15) is 0 Å². The van der Waals surface area contributed by atoms with Crippen molar-refractivity contribution in [2.45, 2.75) is 5.41 Å². The Morgan fingerprint density at radius 2 is 0.871 bits per heavy atom. The van der Waals surface area contributed by atoms with Crippen molar-refractivity contribution in [2.75, 3.05) is 0 Å². The maximum atomic E-state index is 5.66. The van der Waals surface area contributed by atoms with Crippen molar-refractivity contribution >= 4 is 43.6 Å². The van der Waals surface area contributed by atoms with Crippen LogP contribution in [0.4, 0.5) is 0 Å². The summed E-state index contributed by atoms with van der Waals surface area (Å²) in [4.78, 5) is 11.2. The molecule has 0 saturated heterocycles. The average Bonchev–Trinajstić information content (AvgIpc) is 3.89. The molecule has 3 nitrogen and oxygen atoms in total. The van der Waals surface area contributed by atoms with Crippen LogP contribution in [0, 0.1) is 0 Å². The highest BCUT2D eigenvalue weighted by atomic mass is 15.0. The summed E-state index contributed by atoms with van der Waals surface area (Å²) in [6.07, 6.45) is 0. The number of nitrogens with zero attached hydrogens (tertiary/aromatic N) is 3. The number of rotatable bonds is 6. The van der Waals surface area contributed by atoms with Gasteiger partial charge in [-0.05, 0) is 91.2 Å². The molecule has 324 valence electrons. The second-order valence-corrected chi connectivity index (χ2v) is 18.8. The largest absolute Gasteiger partial charge is 0.308 e. The van der Waals surface area contributed by atoms with E-state index in [-0.39, 0.29) is 0 Å². The first kappa shape index (κ1) is 38.9. The van der Waals surface area contributed by atoms with E-state index in [9.17, 15) is 0 Å². The molecule has 0 fully saturated rings. The normalized spacial score (nSPS) is 13.0. The van der Waals surface area contributed by atoms with E-state index in [0.29, 0.717) is 0 Å². The molecule has 3 heteroatoms. The fraction of sp³-hybridized carbons (Fsp3) is 0.0149. The van der Waals surface area contributed by atoms with Gasteiger partial charge in [0.05, 0.1) is 44.6 Å². The predicted molar refractivity (Wildman–Crippen MR) is 289 cm³/mol. The summed E-state index contributed by atoms with van der Waals surface area (Å²) in [6.45, 7) is 0. The van der Waals surface area contributed by atoms with E-state index in [0.717, 1.165) is 44.8 Å². The maximum Gasteiger partial charge on any atom is 0.0979 e.